The Morgan fingerprint density at radius 1 is 1.15 bits per heavy atom. The normalized spacial score (nSPS) is 10.3. The van der Waals surface area contributed by atoms with Crippen molar-refractivity contribution in [1.82, 2.24) is 0 Å². The largest absolute Gasteiger partial charge is 0.478 e. The zero-order valence-electron chi connectivity index (χ0n) is 10.6. The Balaban J connectivity index is 2.52. The predicted molar refractivity (Wildman–Crippen MR) is 72.2 cm³/mol. The lowest BCUT2D eigenvalue weighted by atomic mass is 10.1. The second kappa shape index (κ2) is 5.16. The summed E-state index contributed by atoms with van der Waals surface area (Å²) in [4.78, 5) is 11.2. The molecule has 0 heterocycles. The zero-order valence-corrected chi connectivity index (χ0v) is 10.6. The van der Waals surface area contributed by atoms with Gasteiger partial charge in [-0.15, -0.1) is 0 Å². The van der Waals surface area contributed by atoms with Gasteiger partial charge in [0.2, 0.25) is 0 Å². The molecule has 0 aromatic heterocycles. The minimum absolute atomic E-state index is 0.102. The van der Waals surface area contributed by atoms with Crippen molar-refractivity contribution in [2.75, 3.05) is 11.1 Å². The maximum Gasteiger partial charge on any atom is 0.340 e. The Hall–Kier alpha value is -2.63. The van der Waals surface area contributed by atoms with E-state index in [9.17, 15) is 13.6 Å². The molecular formula is C14H12F2N2O2. The lowest BCUT2D eigenvalue weighted by Crippen LogP contribution is -2.09. The topological polar surface area (TPSA) is 75.3 Å². The number of halogens is 2. The number of nitrogens with two attached hydrogens (primary N) is 1. The monoisotopic (exact) mass is 278 g/mol. The summed E-state index contributed by atoms with van der Waals surface area (Å²) in [5.74, 6) is -2.61. The maximum absolute atomic E-state index is 13.4. The van der Waals surface area contributed by atoms with Gasteiger partial charge in [0.25, 0.3) is 0 Å². The average molecular weight is 278 g/mol. The van der Waals surface area contributed by atoms with Gasteiger partial charge in [-0.25, -0.2) is 13.6 Å². The summed E-state index contributed by atoms with van der Waals surface area (Å²) in [6.45, 7) is 1.55. The van der Waals surface area contributed by atoms with Crippen LogP contribution in [-0.4, -0.2) is 11.1 Å². The number of carbonyl (C=O) groups is 1. The summed E-state index contributed by atoms with van der Waals surface area (Å²) in [6.07, 6.45) is 0. The van der Waals surface area contributed by atoms with Crippen LogP contribution in [0.1, 0.15) is 15.9 Å². The van der Waals surface area contributed by atoms with E-state index in [1.165, 1.54) is 18.2 Å². The van der Waals surface area contributed by atoms with Crippen molar-refractivity contribution >= 4 is 23.0 Å². The molecule has 0 saturated carbocycles. The third-order valence-corrected chi connectivity index (χ3v) is 2.94. The molecule has 0 saturated heterocycles. The minimum atomic E-state index is -1.36. The molecule has 20 heavy (non-hydrogen) atoms. The summed E-state index contributed by atoms with van der Waals surface area (Å²) >= 11 is 0. The van der Waals surface area contributed by atoms with Crippen LogP contribution in [0, 0.1) is 18.6 Å². The fourth-order valence-electron chi connectivity index (χ4n) is 1.82. The van der Waals surface area contributed by atoms with Crippen LogP contribution in [0.5, 0.6) is 0 Å². The Morgan fingerprint density at radius 3 is 2.50 bits per heavy atom. The molecule has 2 aromatic rings. The third kappa shape index (κ3) is 2.40. The highest BCUT2D eigenvalue weighted by atomic mass is 19.1. The summed E-state index contributed by atoms with van der Waals surface area (Å²) in [6, 6.07) is 6.66. The lowest BCUT2D eigenvalue weighted by molar-refractivity contribution is 0.0698. The van der Waals surface area contributed by atoms with E-state index < -0.39 is 23.3 Å². The van der Waals surface area contributed by atoms with Gasteiger partial charge >= 0.3 is 5.97 Å². The summed E-state index contributed by atoms with van der Waals surface area (Å²) in [5, 5.41) is 11.9. The molecule has 6 heteroatoms. The Morgan fingerprint density at radius 2 is 1.85 bits per heavy atom. The highest BCUT2D eigenvalue weighted by Crippen LogP contribution is 2.29. The third-order valence-electron chi connectivity index (χ3n) is 2.94. The second-order valence-corrected chi connectivity index (χ2v) is 4.23. The number of aromatic carboxylic acids is 1. The highest BCUT2D eigenvalue weighted by molar-refractivity contribution is 6.00. The zero-order chi connectivity index (χ0) is 14.9. The summed E-state index contributed by atoms with van der Waals surface area (Å²) in [7, 11) is 0. The van der Waals surface area contributed by atoms with Crippen LogP contribution in [0.3, 0.4) is 0 Å². The molecule has 0 radical (unpaired) electrons. The molecule has 0 unspecified atom stereocenters. The van der Waals surface area contributed by atoms with E-state index in [-0.39, 0.29) is 11.3 Å². The number of hydrogen-bond acceptors (Lipinski definition) is 3. The van der Waals surface area contributed by atoms with Crippen molar-refractivity contribution in [3.05, 3.63) is 53.1 Å². The van der Waals surface area contributed by atoms with Crippen LogP contribution in [0.25, 0.3) is 0 Å². The first kappa shape index (κ1) is 13.8. The molecule has 0 aliphatic carbocycles. The van der Waals surface area contributed by atoms with E-state index in [4.69, 9.17) is 10.8 Å². The number of carboxylic acid groups (broad SMARTS) is 1. The molecule has 0 atom stereocenters. The van der Waals surface area contributed by atoms with E-state index in [0.717, 1.165) is 6.07 Å². The van der Waals surface area contributed by atoms with E-state index in [0.29, 0.717) is 11.3 Å². The summed E-state index contributed by atoms with van der Waals surface area (Å²) < 4.78 is 26.8. The number of anilines is 3. The summed E-state index contributed by atoms with van der Waals surface area (Å²) in [5.41, 5.74) is 5.41. The molecule has 4 N–H and O–H groups in total. The number of hydrogen-bond donors (Lipinski definition) is 3. The molecule has 0 spiro atoms. The molecule has 0 aliphatic heterocycles. The first-order valence-corrected chi connectivity index (χ1v) is 5.75. The first-order chi connectivity index (χ1) is 9.41. The van der Waals surface area contributed by atoms with Crippen molar-refractivity contribution in [3.63, 3.8) is 0 Å². The Labute approximate surface area is 113 Å². The van der Waals surface area contributed by atoms with Gasteiger partial charge in [0.1, 0.15) is 17.2 Å². The smallest absolute Gasteiger partial charge is 0.340 e. The molecule has 4 nitrogen and oxygen atoms in total. The quantitative estimate of drug-likeness (QED) is 0.753. The van der Waals surface area contributed by atoms with Gasteiger partial charge in [0.15, 0.2) is 0 Å². The predicted octanol–water partition coefficient (Wildman–Crippen LogP) is 3.30. The Kier molecular flexibility index (Phi) is 3.56. The SMILES string of the molecule is Cc1c(F)cccc1Nc1ccc(F)c(N)c1C(=O)O. The maximum atomic E-state index is 13.4. The standard InChI is InChI=1S/C14H12F2N2O2/c1-7-8(15)3-2-4-10(7)18-11-6-5-9(16)13(17)12(11)14(19)20/h2-6,18H,17H2,1H3,(H,19,20). The van der Waals surface area contributed by atoms with Crippen molar-refractivity contribution in [2.24, 2.45) is 0 Å². The van der Waals surface area contributed by atoms with Crippen molar-refractivity contribution < 1.29 is 18.7 Å². The van der Waals surface area contributed by atoms with Crippen molar-refractivity contribution in [3.8, 4) is 0 Å². The van der Waals surface area contributed by atoms with Gasteiger partial charge in [0, 0.05) is 11.3 Å². The van der Waals surface area contributed by atoms with Crippen molar-refractivity contribution in [1.29, 1.82) is 0 Å². The number of rotatable bonds is 3. The van der Waals surface area contributed by atoms with Crippen LogP contribution in [0.15, 0.2) is 30.3 Å². The number of carboxylic acids is 1. The molecule has 0 amide bonds. The van der Waals surface area contributed by atoms with Gasteiger partial charge in [-0.1, -0.05) is 6.07 Å². The highest BCUT2D eigenvalue weighted by Gasteiger charge is 2.18. The van der Waals surface area contributed by atoms with E-state index in [1.54, 1.807) is 13.0 Å². The van der Waals surface area contributed by atoms with Gasteiger partial charge in [-0.3, -0.25) is 0 Å². The van der Waals surface area contributed by atoms with Crippen LogP contribution >= 0.6 is 0 Å². The molecule has 0 aliphatic rings. The average Bonchev–Trinajstić information content (AvgIpc) is 2.39. The molecule has 2 rings (SSSR count). The first-order valence-electron chi connectivity index (χ1n) is 5.75. The van der Waals surface area contributed by atoms with Gasteiger partial charge < -0.3 is 16.2 Å². The molecule has 2 aromatic carbocycles. The molecule has 104 valence electrons. The van der Waals surface area contributed by atoms with Crippen LogP contribution in [0.4, 0.5) is 25.8 Å². The molecule has 0 bridgehead atoms. The van der Waals surface area contributed by atoms with Crippen LogP contribution in [-0.2, 0) is 0 Å². The minimum Gasteiger partial charge on any atom is -0.478 e. The van der Waals surface area contributed by atoms with Crippen LogP contribution < -0.4 is 11.1 Å². The molecule has 0 fully saturated rings. The second-order valence-electron chi connectivity index (χ2n) is 4.23. The van der Waals surface area contributed by atoms with Crippen LogP contribution in [0.2, 0.25) is 0 Å². The number of benzene rings is 2. The number of nitrogens with one attached hydrogen (secondary N) is 1. The van der Waals surface area contributed by atoms with E-state index in [1.807, 2.05) is 0 Å². The van der Waals surface area contributed by atoms with Crippen molar-refractivity contribution in [2.45, 2.75) is 6.92 Å². The number of nitrogen functional groups attached to an aromatic ring is 1. The fraction of sp³-hybridized carbons (Fsp3) is 0.0714. The van der Waals surface area contributed by atoms with E-state index in [2.05, 4.69) is 5.32 Å². The van der Waals surface area contributed by atoms with Gasteiger partial charge in [-0.2, -0.15) is 0 Å². The van der Waals surface area contributed by atoms with Gasteiger partial charge in [0.05, 0.1) is 11.4 Å². The molecular weight excluding hydrogens is 266 g/mol. The van der Waals surface area contributed by atoms with Gasteiger partial charge in [-0.05, 0) is 31.2 Å². The lowest BCUT2D eigenvalue weighted by Gasteiger charge is -2.14. The van der Waals surface area contributed by atoms with E-state index >= 15 is 0 Å². The Bertz CT molecular complexity index is 687. The fourth-order valence-corrected chi connectivity index (χ4v) is 1.82.